The van der Waals surface area contributed by atoms with Gasteiger partial charge in [-0.25, -0.2) is 0 Å². The normalized spacial score (nSPS) is 17.5. The van der Waals surface area contributed by atoms with Gasteiger partial charge in [0, 0.05) is 13.2 Å². The van der Waals surface area contributed by atoms with Crippen molar-refractivity contribution in [1.82, 2.24) is 16.2 Å². The lowest BCUT2D eigenvalue weighted by atomic mass is 10.1. The van der Waals surface area contributed by atoms with Gasteiger partial charge in [-0.1, -0.05) is 30.3 Å². The quantitative estimate of drug-likeness (QED) is 0.569. The molecule has 6 heteroatoms. The Balaban J connectivity index is 1.61. The standard InChI is InChI=1S/C14H19N3O2S/c18-13(9-11-5-2-1-3-6-11)16-17-14(20)15-10-12-7-4-8-19-12/h1-3,5-6,12H,4,7-10H2,(H,16,18)(H2,15,17,20)/t12-/m0/s1. The monoisotopic (exact) mass is 293 g/mol. The zero-order chi connectivity index (χ0) is 14.2. The van der Waals surface area contributed by atoms with Crippen molar-refractivity contribution in [2.75, 3.05) is 13.2 Å². The Morgan fingerprint density at radius 2 is 2.10 bits per heavy atom. The third kappa shape index (κ3) is 5.14. The van der Waals surface area contributed by atoms with Gasteiger partial charge >= 0.3 is 0 Å². The molecule has 1 aromatic rings. The van der Waals surface area contributed by atoms with Crippen LogP contribution in [0, 0.1) is 0 Å². The molecule has 2 rings (SSSR count). The summed E-state index contributed by atoms with van der Waals surface area (Å²) in [5, 5.41) is 3.43. The first-order valence-corrected chi connectivity index (χ1v) is 7.13. The fraction of sp³-hybridized carbons (Fsp3) is 0.429. The zero-order valence-electron chi connectivity index (χ0n) is 11.2. The van der Waals surface area contributed by atoms with Gasteiger partial charge in [-0.2, -0.15) is 0 Å². The van der Waals surface area contributed by atoms with Crippen LogP contribution in [0.1, 0.15) is 18.4 Å². The van der Waals surface area contributed by atoms with E-state index < -0.39 is 0 Å². The number of benzene rings is 1. The van der Waals surface area contributed by atoms with Gasteiger partial charge in [-0.05, 0) is 30.6 Å². The van der Waals surface area contributed by atoms with Crippen LogP contribution in [-0.4, -0.2) is 30.3 Å². The molecule has 5 nitrogen and oxygen atoms in total. The summed E-state index contributed by atoms with van der Waals surface area (Å²) in [7, 11) is 0. The Labute approximate surface area is 124 Å². The minimum Gasteiger partial charge on any atom is -0.376 e. The molecule has 1 atom stereocenters. The minimum atomic E-state index is -0.127. The lowest BCUT2D eigenvalue weighted by molar-refractivity contribution is -0.121. The molecule has 0 bridgehead atoms. The summed E-state index contributed by atoms with van der Waals surface area (Å²) < 4.78 is 5.47. The summed E-state index contributed by atoms with van der Waals surface area (Å²) in [6.45, 7) is 1.49. The molecule has 108 valence electrons. The van der Waals surface area contributed by atoms with E-state index in [0.717, 1.165) is 25.0 Å². The molecule has 1 aliphatic rings. The van der Waals surface area contributed by atoms with Gasteiger partial charge in [0.2, 0.25) is 5.91 Å². The van der Waals surface area contributed by atoms with Crippen LogP contribution in [0.25, 0.3) is 0 Å². The Kier molecular flexibility index (Phi) is 5.76. The fourth-order valence-electron chi connectivity index (χ4n) is 2.01. The maximum atomic E-state index is 11.7. The lowest BCUT2D eigenvalue weighted by Gasteiger charge is -2.14. The predicted molar refractivity (Wildman–Crippen MR) is 81.0 cm³/mol. The van der Waals surface area contributed by atoms with Gasteiger partial charge in [0.1, 0.15) is 0 Å². The van der Waals surface area contributed by atoms with Crippen molar-refractivity contribution < 1.29 is 9.53 Å². The van der Waals surface area contributed by atoms with Crippen LogP contribution >= 0.6 is 12.2 Å². The molecule has 0 aliphatic carbocycles. The smallest absolute Gasteiger partial charge is 0.242 e. The van der Waals surface area contributed by atoms with Crippen LogP contribution in [0.2, 0.25) is 0 Å². The van der Waals surface area contributed by atoms with E-state index in [2.05, 4.69) is 16.2 Å². The zero-order valence-corrected chi connectivity index (χ0v) is 12.0. The predicted octanol–water partition coefficient (Wildman–Crippen LogP) is 0.903. The number of carbonyl (C=O) groups is 1. The van der Waals surface area contributed by atoms with Crippen molar-refractivity contribution in [3.8, 4) is 0 Å². The maximum absolute atomic E-state index is 11.7. The fourth-order valence-corrected chi connectivity index (χ4v) is 2.14. The van der Waals surface area contributed by atoms with E-state index in [0.29, 0.717) is 18.1 Å². The van der Waals surface area contributed by atoms with Gasteiger partial charge in [0.25, 0.3) is 0 Å². The van der Waals surface area contributed by atoms with Crippen LogP contribution in [-0.2, 0) is 16.0 Å². The maximum Gasteiger partial charge on any atom is 0.242 e. The topological polar surface area (TPSA) is 62.4 Å². The molecule has 0 spiro atoms. The van der Waals surface area contributed by atoms with Crippen molar-refractivity contribution >= 4 is 23.2 Å². The molecule has 0 saturated carbocycles. The van der Waals surface area contributed by atoms with Gasteiger partial charge in [0.05, 0.1) is 12.5 Å². The first-order chi connectivity index (χ1) is 9.74. The van der Waals surface area contributed by atoms with Crippen LogP contribution < -0.4 is 16.2 Å². The van der Waals surface area contributed by atoms with Crippen LogP contribution in [0.5, 0.6) is 0 Å². The summed E-state index contributed by atoms with van der Waals surface area (Å²) in [5.74, 6) is -0.127. The van der Waals surface area contributed by atoms with Crippen molar-refractivity contribution in [3.05, 3.63) is 35.9 Å². The Hall–Kier alpha value is -1.66. The second-order valence-corrected chi connectivity index (χ2v) is 5.09. The highest BCUT2D eigenvalue weighted by Gasteiger charge is 2.15. The molecule has 1 heterocycles. The molecule has 1 amide bonds. The van der Waals surface area contributed by atoms with Gasteiger partial charge in [-0.15, -0.1) is 0 Å². The van der Waals surface area contributed by atoms with Crippen LogP contribution in [0.3, 0.4) is 0 Å². The molecular formula is C14H19N3O2S. The molecule has 20 heavy (non-hydrogen) atoms. The average Bonchev–Trinajstić information content (AvgIpc) is 2.97. The van der Waals surface area contributed by atoms with Crippen molar-refractivity contribution in [2.45, 2.75) is 25.4 Å². The molecule has 0 radical (unpaired) electrons. The first-order valence-electron chi connectivity index (χ1n) is 6.72. The number of hydrazine groups is 1. The highest BCUT2D eigenvalue weighted by molar-refractivity contribution is 7.80. The molecule has 1 fully saturated rings. The molecule has 1 aliphatic heterocycles. The van der Waals surface area contributed by atoms with E-state index in [-0.39, 0.29) is 12.0 Å². The molecule has 3 N–H and O–H groups in total. The number of ether oxygens (including phenoxy) is 1. The van der Waals surface area contributed by atoms with E-state index in [1.165, 1.54) is 0 Å². The highest BCUT2D eigenvalue weighted by Crippen LogP contribution is 2.10. The summed E-state index contributed by atoms with van der Waals surface area (Å²) in [6, 6.07) is 9.55. The largest absolute Gasteiger partial charge is 0.376 e. The number of amides is 1. The number of nitrogens with one attached hydrogen (secondary N) is 3. The van der Waals surface area contributed by atoms with Crippen molar-refractivity contribution in [2.24, 2.45) is 0 Å². The summed E-state index contributed by atoms with van der Waals surface area (Å²) in [5.41, 5.74) is 6.23. The molecule has 1 aromatic carbocycles. The van der Waals surface area contributed by atoms with E-state index in [9.17, 15) is 4.79 Å². The minimum absolute atomic E-state index is 0.127. The summed E-state index contributed by atoms with van der Waals surface area (Å²) in [4.78, 5) is 11.7. The van der Waals surface area contributed by atoms with Crippen molar-refractivity contribution in [1.29, 1.82) is 0 Å². The third-order valence-electron chi connectivity index (χ3n) is 3.04. The number of hydrogen-bond acceptors (Lipinski definition) is 3. The number of carbonyl (C=O) groups excluding carboxylic acids is 1. The van der Waals surface area contributed by atoms with Gasteiger partial charge in [0.15, 0.2) is 5.11 Å². The number of thiocarbonyl (C=S) groups is 1. The van der Waals surface area contributed by atoms with Crippen LogP contribution in [0.4, 0.5) is 0 Å². The SMILES string of the molecule is O=C(Cc1ccccc1)NNC(=S)NC[C@@H]1CCCO1. The number of hydrogen-bond donors (Lipinski definition) is 3. The van der Waals surface area contributed by atoms with E-state index in [1.807, 2.05) is 30.3 Å². The summed E-state index contributed by atoms with van der Waals surface area (Å²) >= 11 is 5.08. The molecule has 1 saturated heterocycles. The van der Waals surface area contributed by atoms with Crippen molar-refractivity contribution in [3.63, 3.8) is 0 Å². The van der Waals surface area contributed by atoms with Gasteiger partial charge in [-0.3, -0.25) is 15.6 Å². The Morgan fingerprint density at radius 3 is 2.80 bits per heavy atom. The molecule has 0 aromatic heterocycles. The number of rotatable bonds is 4. The van der Waals surface area contributed by atoms with E-state index in [4.69, 9.17) is 17.0 Å². The highest BCUT2D eigenvalue weighted by atomic mass is 32.1. The second kappa shape index (κ2) is 7.81. The van der Waals surface area contributed by atoms with Gasteiger partial charge < -0.3 is 10.1 Å². The van der Waals surface area contributed by atoms with Crippen LogP contribution in [0.15, 0.2) is 30.3 Å². The van der Waals surface area contributed by atoms with E-state index >= 15 is 0 Å². The average molecular weight is 293 g/mol. The molecular weight excluding hydrogens is 274 g/mol. The Bertz CT molecular complexity index is 447. The third-order valence-corrected chi connectivity index (χ3v) is 3.28. The Morgan fingerprint density at radius 1 is 1.30 bits per heavy atom. The first kappa shape index (κ1) is 14.7. The summed E-state index contributed by atoms with van der Waals surface area (Å²) in [6.07, 6.45) is 2.69. The lowest BCUT2D eigenvalue weighted by Crippen LogP contribution is -2.48. The van der Waals surface area contributed by atoms with E-state index in [1.54, 1.807) is 0 Å². The molecule has 0 unspecified atom stereocenters. The second-order valence-electron chi connectivity index (χ2n) is 4.68.